The van der Waals surface area contributed by atoms with Gasteiger partial charge in [-0.2, -0.15) is 10.1 Å². The van der Waals surface area contributed by atoms with Gasteiger partial charge in [0.15, 0.2) is 22.0 Å². The number of hydrogen-bond acceptors (Lipinski definition) is 7. The standard InChI is InChI=1S/C18H18N4O5S/c1-3-21-6-5-11(20-21)17(24)19-18-22(9-16(23)25-4-2)12-7-13-14(27-10-26-13)8-15(12)28-18/h5-8H,3-4,9-10H2,1-2H3. The van der Waals surface area contributed by atoms with Crippen LogP contribution in [0.5, 0.6) is 11.5 Å². The van der Waals surface area contributed by atoms with Crippen LogP contribution in [-0.4, -0.2) is 39.6 Å². The number of carbonyl (C=O) groups is 2. The van der Waals surface area contributed by atoms with Gasteiger partial charge in [-0.25, -0.2) is 0 Å². The van der Waals surface area contributed by atoms with Crippen molar-refractivity contribution in [3.8, 4) is 11.5 Å². The molecule has 0 fully saturated rings. The number of benzene rings is 1. The van der Waals surface area contributed by atoms with E-state index in [-0.39, 0.29) is 25.6 Å². The lowest BCUT2D eigenvalue weighted by molar-refractivity contribution is -0.143. The van der Waals surface area contributed by atoms with Crippen LogP contribution in [0.2, 0.25) is 0 Å². The summed E-state index contributed by atoms with van der Waals surface area (Å²) in [6, 6.07) is 5.22. The molecule has 0 spiro atoms. The highest BCUT2D eigenvalue weighted by Crippen LogP contribution is 2.37. The number of ether oxygens (including phenoxy) is 3. The Balaban J connectivity index is 1.81. The molecule has 0 N–H and O–H groups in total. The molecule has 0 saturated heterocycles. The Bertz CT molecular complexity index is 1130. The Hall–Kier alpha value is -3.14. The van der Waals surface area contributed by atoms with Crippen molar-refractivity contribution in [2.45, 2.75) is 26.9 Å². The maximum absolute atomic E-state index is 12.6. The first kappa shape index (κ1) is 18.2. The van der Waals surface area contributed by atoms with Crippen molar-refractivity contribution < 1.29 is 23.8 Å². The maximum Gasteiger partial charge on any atom is 0.326 e. The molecule has 1 aromatic carbocycles. The molecule has 146 valence electrons. The topological polar surface area (TPSA) is 96.9 Å². The zero-order valence-electron chi connectivity index (χ0n) is 15.4. The Morgan fingerprint density at radius 3 is 2.79 bits per heavy atom. The average molecular weight is 402 g/mol. The number of amides is 1. The number of nitrogens with zero attached hydrogens (tertiary/aromatic N) is 4. The van der Waals surface area contributed by atoms with Gasteiger partial charge in [0.25, 0.3) is 5.91 Å². The van der Waals surface area contributed by atoms with Gasteiger partial charge in [0.05, 0.1) is 16.8 Å². The average Bonchev–Trinajstić information content (AvgIpc) is 3.39. The largest absolute Gasteiger partial charge is 0.465 e. The van der Waals surface area contributed by atoms with Crippen LogP contribution < -0.4 is 14.3 Å². The van der Waals surface area contributed by atoms with Crippen LogP contribution >= 0.6 is 11.3 Å². The second kappa shape index (κ2) is 7.47. The van der Waals surface area contributed by atoms with Crippen molar-refractivity contribution in [1.29, 1.82) is 0 Å². The summed E-state index contributed by atoms with van der Waals surface area (Å²) in [6.07, 6.45) is 1.72. The first-order chi connectivity index (χ1) is 13.6. The first-order valence-corrected chi connectivity index (χ1v) is 9.61. The number of aromatic nitrogens is 3. The quantitative estimate of drug-likeness (QED) is 0.605. The molecule has 0 radical (unpaired) electrons. The van der Waals surface area contributed by atoms with E-state index in [4.69, 9.17) is 14.2 Å². The van der Waals surface area contributed by atoms with E-state index in [1.807, 2.05) is 13.0 Å². The highest BCUT2D eigenvalue weighted by atomic mass is 32.1. The number of carbonyl (C=O) groups excluding carboxylic acids is 2. The van der Waals surface area contributed by atoms with Crippen molar-refractivity contribution in [3.05, 3.63) is 34.9 Å². The Labute approximate surface area is 163 Å². The van der Waals surface area contributed by atoms with Crippen molar-refractivity contribution >= 4 is 33.4 Å². The predicted molar refractivity (Wildman–Crippen MR) is 100 cm³/mol. The molecule has 1 aliphatic heterocycles. The van der Waals surface area contributed by atoms with E-state index < -0.39 is 11.9 Å². The van der Waals surface area contributed by atoms with Crippen LogP contribution in [0.25, 0.3) is 10.2 Å². The second-order valence-electron chi connectivity index (χ2n) is 5.92. The Morgan fingerprint density at radius 1 is 1.29 bits per heavy atom. The first-order valence-electron chi connectivity index (χ1n) is 8.80. The number of esters is 1. The molecule has 0 saturated carbocycles. The molecule has 3 aromatic rings. The summed E-state index contributed by atoms with van der Waals surface area (Å²) in [4.78, 5) is 29.3. The zero-order chi connectivity index (χ0) is 19.7. The van der Waals surface area contributed by atoms with Crippen LogP contribution in [0, 0.1) is 0 Å². The summed E-state index contributed by atoms with van der Waals surface area (Å²) in [7, 11) is 0. The minimum Gasteiger partial charge on any atom is -0.465 e. The molecular weight excluding hydrogens is 384 g/mol. The summed E-state index contributed by atoms with van der Waals surface area (Å²) >= 11 is 1.28. The number of rotatable bonds is 5. The van der Waals surface area contributed by atoms with Gasteiger partial charge < -0.3 is 18.8 Å². The zero-order valence-corrected chi connectivity index (χ0v) is 16.2. The van der Waals surface area contributed by atoms with Crippen molar-refractivity contribution in [3.63, 3.8) is 0 Å². The van der Waals surface area contributed by atoms with Gasteiger partial charge in [-0.3, -0.25) is 14.3 Å². The number of aryl methyl sites for hydroxylation is 1. The van der Waals surface area contributed by atoms with Gasteiger partial charge in [0, 0.05) is 24.9 Å². The van der Waals surface area contributed by atoms with Gasteiger partial charge in [0.1, 0.15) is 6.54 Å². The molecule has 0 unspecified atom stereocenters. The van der Waals surface area contributed by atoms with Crippen LogP contribution in [0.4, 0.5) is 0 Å². The molecule has 1 amide bonds. The van der Waals surface area contributed by atoms with Crippen LogP contribution in [-0.2, 0) is 22.6 Å². The highest BCUT2D eigenvalue weighted by Gasteiger charge is 2.19. The van der Waals surface area contributed by atoms with Gasteiger partial charge in [0.2, 0.25) is 6.79 Å². The smallest absolute Gasteiger partial charge is 0.326 e. The predicted octanol–water partition coefficient (Wildman–Crippen LogP) is 1.95. The Morgan fingerprint density at radius 2 is 2.07 bits per heavy atom. The normalized spacial score (nSPS) is 13.3. The molecule has 0 atom stereocenters. The lowest BCUT2D eigenvalue weighted by Gasteiger charge is -2.05. The third-order valence-corrected chi connectivity index (χ3v) is 5.19. The number of fused-ring (bicyclic) bond motifs is 2. The lowest BCUT2D eigenvalue weighted by Crippen LogP contribution is -2.23. The van der Waals surface area contributed by atoms with Gasteiger partial charge >= 0.3 is 5.97 Å². The third-order valence-electron chi connectivity index (χ3n) is 4.15. The van der Waals surface area contributed by atoms with Gasteiger partial charge in [-0.15, -0.1) is 0 Å². The van der Waals surface area contributed by atoms with E-state index in [1.54, 1.807) is 34.5 Å². The molecule has 4 rings (SSSR count). The second-order valence-corrected chi connectivity index (χ2v) is 6.93. The summed E-state index contributed by atoms with van der Waals surface area (Å²) in [5, 5.41) is 4.19. The minimum atomic E-state index is -0.476. The summed E-state index contributed by atoms with van der Waals surface area (Å²) in [6.45, 7) is 4.69. The molecule has 0 bridgehead atoms. The molecular formula is C18H18N4O5S. The van der Waals surface area contributed by atoms with E-state index in [1.165, 1.54) is 11.3 Å². The van der Waals surface area contributed by atoms with Crippen LogP contribution in [0.1, 0.15) is 24.3 Å². The molecule has 3 heterocycles. The number of hydrogen-bond donors (Lipinski definition) is 0. The van der Waals surface area contributed by atoms with E-state index >= 15 is 0 Å². The lowest BCUT2D eigenvalue weighted by atomic mass is 10.3. The maximum atomic E-state index is 12.6. The molecule has 1 aliphatic rings. The van der Waals surface area contributed by atoms with E-state index in [2.05, 4.69) is 10.1 Å². The molecule has 9 nitrogen and oxygen atoms in total. The molecule has 10 heteroatoms. The van der Waals surface area contributed by atoms with E-state index in [9.17, 15) is 9.59 Å². The Kier molecular flexibility index (Phi) is 4.86. The van der Waals surface area contributed by atoms with Crippen molar-refractivity contribution in [2.75, 3.05) is 13.4 Å². The van der Waals surface area contributed by atoms with Crippen LogP contribution in [0.3, 0.4) is 0 Å². The fraction of sp³-hybridized carbons (Fsp3) is 0.333. The third kappa shape index (κ3) is 3.38. The van der Waals surface area contributed by atoms with Crippen molar-refractivity contribution in [1.82, 2.24) is 14.3 Å². The van der Waals surface area contributed by atoms with Crippen LogP contribution in [0.15, 0.2) is 29.4 Å². The SMILES string of the molecule is CCOC(=O)Cn1c(=NC(=O)c2ccn(CC)n2)sc2cc3c(cc21)OCO3. The fourth-order valence-corrected chi connectivity index (χ4v) is 3.87. The fourth-order valence-electron chi connectivity index (χ4n) is 2.83. The van der Waals surface area contributed by atoms with Gasteiger partial charge in [-0.1, -0.05) is 11.3 Å². The summed E-state index contributed by atoms with van der Waals surface area (Å²) in [5.41, 5.74) is 0.962. The van der Waals surface area contributed by atoms with Crippen molar-refractivity contribution in [2.24, 2.45) is 4.99 Å². The monoisotopic (exact) mass is 402 g/mol. The summed E-state index contributed by atoms with van der Waals surface area (Å²) < 4.78 is 20.0. The van der Waals surface area contributed by atoms with E-state index in [0.29, 0.717) is 28.4 Å². The highest BCUT2D eigenvalue weighted by molar-refractivity contribution is 7.16. The van der Waals surface area contributed by atoms with Gasteiger partial charge in [-0.05, 0) is 19.9 Å². The molecule has 28 heavy (non-hydrogen) atoms. The summed E-state index contributed by atoms with van der Waals surface area (Å²) in [5.74, 6) is 0.319. The van der Waals surface area contributed by atoms with E-state index in [0.717, 1.165) is 4.70 Å². The minimum absolute atomic E-state index is 0.0665. The molecule has 2 aromatic heterocycles. The molecule has 0 aliphatic carbocycles. The number of thiazole rings is 1.